The number of piperidine rings is 1. The number of β-amino-alcohol motifs (C(OH)–C–C–N with tert-alkyl or cyclic N) is 1. The summed E-state index contributed by atoms with van der Waals surface area (Å²) in [6.45, 7) is 3.98. The molecule has 1 aromatic carbocycles. The zero-order valence-corrected chi connectivity index (χ0v) is 18.3. The Morgan fingerprint density at radius 3 is 2.61 bits per heavy atom. The maximum atomic E-state index is 14.6. The fourth-order valence-corrected chi connectivity index (χ4v) is 5.01. The number of amides is 1. The van der Waals surface area contributed by atoms with Gasteiger partial charge in [-0.3, -0.25) is 4.79 Å². The number of esters is 1. The van der Waals surface area contributed by atoms with E-state index in [0.29, 0.717) is 49.4 Å². The van der Waals surface area contributed by atoms with Gasteiger partial charge < -0.3 is 19.6 Å². The van der Waals surface area contributed by atoms with Crippen LogP contribution in [0.1, 0.15) is 37.9 Å². The molecule has 1 aromatic heterocycles. The number of rotatable bonds is 5. The van der Waals surface area contributed by atoms with Crippen LogP contribution in [0.15, 0.2) is 35.8 Å². The Morgan fingerprint density at radius 2 is 1.97 bits per heavy atom. The van der Waals surface area contributed by atoms with Gasteiger partial charge in [0, 0.05) is 24.7 Å². The third kappa shape index (κ3) is 3.80. The van der Waals surface area contributed by atoms with Gasteiger partial charge in [0.25, 0.3) is 0 Å². The monoisotopic (exact) mass is 456 g/mol. The summed E-state index contributed by atoms with van der Waals surface area (Å²) in [6, 6.07) is 4.49. The summed E-state index contributed by atoms with van der Waals surface area (Å²) in [7, 11) is 0. The van der Waals surface area contributed by atoms with Crippen molar-refractivity contribution < 1.29 is 23.8 Å². The summed E-state index contributed by atoms with van der Waals surface area (Å²) in [6.07, 6.45) is 2.44. The van der Waals surface area contributed by atoms with Crippen molar-refractivity contribution in [2.75, 3.05) is 32.8 Å². The van der Waals surface area contributed by atoms with Crippen LogP contribution in [0, 0.1) is 11.2 Å². The molecular formula is C22H25FN6O4. The maximum Gasteiger partial charge on any atom is 0.336 e. The first-order valence-electron chi connectivity index (χ1n) is 11.0. The molecule has 2 saturated heterocycles. The van der Waals surface area contributed by atoms with Crippen molar-refractivity contribution >= 4 is 11.9 Å². The molecule has 2 fully saturated rings. The van der Waals surface area contributed by atoms with Gasteiger partial charge in [-0.2, -0.15) is 0 Å². The molecule has 5 rings (SSSR count). The molecule has 11 heteroatoms. The van der Waals surface area contributed by atoms with Gasteiger partial charge in [-0.25, -0.2) is 13.9 Å². The van der Waals surface area contributed by atoms with Crippen LogP contribution in [0.25, 0.3) is 5.69 Å². The number of carbonyl (C=O) groups is 2. The number of aliphatic hydroxyl groups excluding tert-OH is 1. The maximum absolute atomic E-state index is 14.6. The molecule has 3 aliphatic rings. The van der Waals surface area contributed by atoms with Gasteiger partial charge in [-0.05, 0) is 55.8 Å². The average molecular weight is 456 g/mol. The first-order chi connectivity index (χ1) is 15.9. The second-order valence-corrected chi connectivity index (χ2v) is 8.91. The van der Waals surface area contributed by atoms with Crippen LogP contribution in [0.2, 0.25) is 0 Å². The Hall–Kier alpha value is -3.18. The number of halogens is 1. The minimum Gasteiger partial charge on any atom is -0.456 e. The quantitative estimate of drug-likeness (QED) is 0.663. The van der Waals surface area contributed by atoms with Crippen molar-refractivity contribution in [2.24, 2.45) is 5.41 Å². The molecule has 10 nitrogen and oxygen atoms in total. The summed E-state index contributed by atoms with van der Waals surface area (Å²) in [5.41, 5.74) is 1.43. The molecule has 2 aromatic rings. The van der Waals surface area contributed by atoms with Gasteiger partial charge in [-0.15, -0.1) is 5.10 Å². The molecule has 0 bridgehead atoms. The first-order valence-corrected chi connectivity index (χ1v) is 11.0. The molecule has 0 unspecified atom stereocenters. The van der Waals surface area contributed by atoms with Crippen LogP contribution < -0.4 is 0 Å². The lowest BCUT2D eigenvalue weighted by molar-refractivity contribution is -0.138. The van der Waals surface area contributed by atoms with Crippen LogP contribution in [0.5, 0.6) is 0 Å². The topological polar surface area (TPSA) is 114 Å². The van der Waals surface area contributed by atoms with E-state index in [1.807, 2.05) is 0 Å². The molecule has 1 N–H and O–H groups in total. The van der Waals surface area contributed by atoms with Gasteiger partial charge in [0.1, 0.15) is 18.8 Å². The first kappa shape index (κ1) is 21.7. The van der Waals surface area contributed by atoms with E-state index in [0.717, 1.165) is 6.42 Å². The Bertz CT molecular complexity index is 1110. The van der Waals surface area contributed by atoms with E-state index in [1.54, 1.807) is 24.0 Å². The highest BCUT2D eigenvalue weighted by atomic mass is 19.1. The van der Waals surface area contributed by atoms with Gasteiger partial charge in [0.15, 0.2) is 0 Å². The zero-order valence-electron chi connectivity index (χ0n) is 18.3. The number of hydrogen-bond acceptors (Lipinski definition) is 8. The number of hydrogen-bond donors (Lipinski definition) is 1. The van der Waals surface area contributed by atoms with Crippen LogP contribution in [0.3, 0.4) is 0 Å². The number of cyclic esters (lactones) is 1. The fraction of sp³-hybridized carbons (Fsp3) is 0.500. The number of benzene rings is 1. The minimum atomic E-state index is -0.993. The average Bonchev–Trinajstić information content (AvgIpc) is 3.53. The van der Waals surface area contributed by atoms with E-state index in [2.05, 4.69) is 20.4 Å². The number of aromatic nitrogens is 4. The second-order valence-electron chi connectivity index (χ2n) is 8.91. The van der Waals surface area contributed by atoms with Crippen LogP contribution in [0.4, 0.5) is 4.39 Å². The normalized spacial score (nSPS) is 21.8. The fourth-order valence-electron chi connectivity index (χ4n) is 5.01. The number of aliphatic hydroxyl groups is 1. The minimum absolute atomic E-state index is 0.0552. The Labute approximate surface area is 189 Å². The Kier molecular flexibility index (Phi) is 5.45. The van der Waals surface area contributed by atoms with Crippen LogP contribution >= 0.6 is 0 Å². The van der Waals surface area contributed by atoms with Crippen molar-refractivity contribution in [3.8, 4) is 5.69 Å². The van der Waals surface area contributed by atoms with E-state index in [1.165, 1.54) is 17.1 Å². The van der Waals surface area contributed by atoms with Crippen molar-refractivity contribution in [3.63, 3.8) is 0 Å². The van der Waals surface area contributed by atoms with Gasteiger partial charge in [0.2, 0.25) is 5.91 Å². The van der Waals surface area contributed by atoms with Gasteiger partial charge >= 0.3 is 5.97 Å². The lowest BCUT2D eigenvalue weighted by Gasteiger charge is -2.38. The van der Waals surface area contributed by atoms with Gasteiger partial charge in [-0.1, -0.05) is 6.07 Å². The summed E-state index contributed by atoms with van der Waals surface area (Å²) in [4.78, 5) is 28.7. The number of nitrogens with zero attached hydrogens (tertiary/aromatic N) is 6. The Balaban J connectivity index is 1.21. The van der Waals surface area contributed by atoms with E-state index in [9.17, 15) is 19.1 Å². The standard InChI is InChI=1S/C22H25FN6O4/c1-14-18(12-33-20(14)31)28-9-6-22(21(28)32)4-7-27(8-5-22)11-19(30)16-3-2-15(10-17(16)23)29-13-24-25-26-29/h2-3,10,13,19,30H,4-9,11-12H2,1H3/t19-/m1/s1. The highest BCUT2D eigenvalue weighted by Crippen LogP contribution is 2.44. The molecule has 0 saturated carbocycles. The Morgan fingerprint density at radius 1 is 1.21 bits per heavy atom. The molecule has 0 radical (unpaired) electrons. The molecule has 1 amide bonds. The van der Waals surface area contributed by atoms with Crippen LogP contribution in [-0.2, 0) is 14.3 Å². The zero-order chi connectivity index (χ0) is 23.2. The molecule has 1 spiro atoms. The lowest BCUT2D eigenvalue weighted by Crippen LogP contribution is -2.45. The van der Waals surface area contributed by atoms with E-state index < -0.39 is 17.3 Å². The molecule has 1 atom stereocenters. The lowest BCUT2D eigenvalue weighted by atomic mass is 9.77. The summed E-state index contributed by atoms with van der Waals surface area (Å²) < 4.78 is 21.1. The second kappa shape index (κ2) is 8.31. The summed E-state index contributed by atoms with van der Waals surface area (Å²) >= 11 is 0. The number of ether oxygens (including phenoxy) is 1. The number of tetrazole rings is 1. The van der Waals surface area contributed by atoms with E-state index in [-0.39, 0.29) is 30.6 Å². The van der Waals surface area contributed by atoms with Gasteiger partial charge in [0.05, 0.1) is 28.5 Å². The molecule has 3 aliphatic heterocycles. The van der Waals surface area contributed by atoms with Crippen molar-refractivity contribution in [2.45, 2.75) is 32.3 Å². The largest absolute Gasteiger partial charge is 0.456 e. The van der Waals surface area contributed by atoms with Crippen molar-refractivity contribution in [1.29, 1.82) is 0 Å². The summed E-state index contributed by atoms with van der Waals surface area (Å²) in [5.74, 6) is -0.831. The number of carbonyl (C=O) groups excluding carboxylic acids is 2. The van der Waals surface area contributed by atoms with Crippen molar-refractivity contribution in [1.82, 2.24) is 30.0 Å². The summed E-state index contributed by atoms with van der Waals surface area (Å²) in [5, 5.41) is 21.5. The molecule has 4 heterocycles. The highest BCUT2D eigenvalue weighted by molar-refractivity contribution is 5.94. The SMILES string of the molecule is CC1=C(N2CCC3(CCN(C[C@@H](O)c4ccc(-n5cnnn5)cc4F)CC3)C2=O)COC1=O. The predicted molar refractivity (Wildman–Crippen MR) is 112 cm³/mol. The number of likely N-dealkylation sites (tertiary alicyclic amines) is 2. The molecule has 0 aliphatic carbocycles. The smallest absolute Gasteiger partial charge is 0.336 e. The van der Waals surface area contributed by atoms with E-state index in [4.69, 9.17) is 4.74 Å². The highest BCUT2D eigenvalue weighted by Gasteiger charge is 2.50. The predicted octanol–water partition coefficient (Wildman–Crippen LogP) is 0.980. The third-order valence-electron chi connectivity index (χ3n) is 7.12. The molecule has 174 valence electrons. The third-order valence-corrected chi connectivity index (χ3v) is 7.12. The van der Waals surface area contributed by atoms with E-state index >= 15 is 0 Å². The molecular weight excluding hydrogens is 431 g/mol. The molecule has 33 heavy (non-hydrogen) atoms. The van der Waals surface area contributed by atoms with Crippen molar-refractivity contribution in [3.05, 3.63) is 47.2 Å². The van der Waals surface area contributed by atoms with Crippen LogP contribution in [-0.4, -0.2) is 79.8 Å².